The second-order valence-corrected chi connectivity index (χ2v) is 8.17. The van der Waals surface area contributed by atoms with E-state index in [-0.39, 0.29) is 29.6 Å². The molecule has 0 aliphatic rings. The summed E-state index contributed by atoms with van der Waals surface area (Å²) in [7, 11) is 0. The number of carbonyl (C=O) groups excluding carboxylic acids is 1. The van der Waals surface area contributed by atoms with E-state index in [2.05, 4.69) is 15.9 Å². The maximum Gasteiger partial charge on any atom is 0.419 e. The molecule has 0 bridgehead atoms. The zero-order chi connectivity index (χ0) is 22.5. The summed E-state index contributed by atoms with van der Waals surface area (Å²) in [6.45, 7) is 4.97. The van der Waals surface area contributed by atoms with Gasteiger partial charge < -0.3 is 9.32 Å². The highest BCUT2D eigenvalue weighted by Crippen LogP contribution is 2.28. The average Bonchev–Trinajstić information content (AvgIpc) is 3.06. The van der Waals surface area contributed by atoms with Crippen LogP contribution in [0.4, 0.5) is 5.69 Å². The molecule has 0 spiro atoms. The smallest absolute Gasteiger partial charge is 0.407 e. The Balaban J connectivity index is 1.70. The lowest BCUT2D eigenvalue weighted by Crippen LogP contribution is -2.34. The molecule has 2 aromatic carbocycles. The molecule has 1 aromatic heterocycles. The van der Waals surface area contributed by atoms with E-state index in [9.17, 15) is 19.7 Å². The first kappa shape index (κ1) is 22.7. The minimum Gasteiger partial charge on any atom is -0.407 e. The summed E-state index contributed by atoms with van der Waals surface area (Å²) in [6, 6.07) is 11.8. The van der Waals surface area contributed by atoms with Gasteiger partial charge in [-0.15, -0.1) is 0 Å². The molecular weight excluding hydrogens is 466 g/mol. The minimum absolute atomic E-state index is 0.0154. The van der Waals surface area contributed by atoms with Gasteiger partial charge in [0.1, 0.15) is 0 Å². The van der Waals surface area contributed by atoms with Crippen molar-refractivity contribution in [3.8, 4) is 0 Å². The van der Waals surface area contributed by atoms with E-state index in [0.29, 0.717) is 25.0 Å². The average molecular weight is 490 g/mol. The molecule has 1 heterocycles. The molecule has 3 aromatic rings. The lowest BCUT2D eigenvalue weighted by atomic mass is 10.1. The molecule has 1 unspecified atom stereocenters. The van der Waals surface area contributed by atoms with Crippen LogP contribution in [0.25, 0.3) is 11.1 Å². The number of aromatic nitrogens is 1. The first-order chi connectivity index (χ1) is 14.8. The summed E-state index contributed by atoms with van der Waals surface area (Å²) < 4.78 is 7.52. The third-order valence-electron chi connectivity index (χ3n) is 5.24. The molecule has 3 rings (SSSR count). The second-order valence-electron chi connectivity index (χ2n) is 7.32. The Morgan fingerprint density at radius 2 is 2.03 bits per heavy atom. The number of rotatable bonds is 9. The standard InChI is InChI=1S/C22H24BrN3O5/c1-3-12-24(15(2)17-7-4-5-8-18(17)23)21(27)9-6-13-25-19-11-10-16(26(29)30)14-20(19)31-22(25)28/h4-5,7-8,10-11,14-15H,3,6,9,12-13H2,1-2H3. The lowest BCUT2D eigenvalue weighted by molar-refractivity contribution is -0.384. The molecule has 9 heteroatoms. The van der Waals surface area contributed by atoms with E-state index in [0.717, 1.165) is 16.5 Å². The maximum atomic E-state index is 13.0. The van der Waals surface area contributed by atoms with Crippen molar-refractivity contribution in [1.82, 2.24) is 9.47 Å². The van der Waals surface area contributed by atoms with Crippen LogP contribution in [-0.2, 0) is 11.3 Å². The van der Waals surface area contributed by atoms with Gasteiger partial charge in [0.05, 0.1) is 22.5 Å². The van der Waals surface area contributed by atoms with Crippen molar-refractivity contribution in [2.24, 2.45) is 0 Å². The van der Waals surface area contributed by atoms with Crippen LogP contribution in [-0.4, -0.2) is 26.8 Å². The summed E-state index contributed by atoms with van der Waals surface area (Å²) >= 11 is 3.56. The number of nitro benzene ring substituents is 1. The Morgan fingerprint density at radius 3 is 2.71 bits per heavy atom. The number of nitrogens with zero attached hydrogens (tertiary/aromatic N) is 3. The van der Waals surface area contributed by atoms with Gasteiger partial charge in [0.25, 0.3) is 5.69 Å². The normalized spacial score (nSPS) is 12.1. The molecule has 8 nitrogen and oxygen atoms in total. The van der Waals surface area contributed by atoms with E-state index < -0.39 is 10.7 Å². The quantitative estimate of drug-likeness (QED) is 0.309. The van der Waals surface area contributed by atoms with E-state index in [1.165, 1.54) is 22.8 Å². The lowest BCUT2D eigenvalue weighted by Gasteiger charge is -2.30. The Bertz CT molecular complexity index is 1150. The van der Waals surface area contributed by atoms with Crippen LogP contribution >= 0.6 is 15.9 Å². The zero-order valence-corrected chi connectivity index (χ0v) is 19.0. The van der Waals surface area contributed by atoms with Crippen molar-refractivity contribution in [1.29, 1.82) is 0 Å². The number of hydrogen-bond donors (Lipinski definition) is 0. The first-order valence-corrected chi connectivity index (χ1v) is 10.9. The Labute approximate surface area is 187 Å². The molecule has 0 saturated carbocycles. The predicted octanol–water partition coefficient (Wildman–Crippen LogP) is 5.05. The van der Waals surface area contributed by atoms with Gasteiger partial charge >= 0.3 is 5.76 Å². The molecule has 164 valence electrons. The van der Waals surface area contributed by atoms with E-state index >= 15 is 0 Å². The predicted molar refractivity (Wildman–Crippen MR) is 121 cm³/mol. The molecule has 0 saturated heterocycles. The van der Waals surface area contributed by atoms with Crippen LogP contribution in [0, 0.1) is 10.1 Å². The third kappa shape index (κ3) is 5.04. The van der Waals surface area contributed by atoms with Gasteiger partial charge in [0.2, 0.25) is 5.91 Å². The molecule has 0 aliphatic heterocycles. The summed E-state index contributed by atoms with van der Waals surface area (Å²) in [5.74, 6) is -0.573. The molecule has 0 aliphatic carbocycles. The molecule has 0 radical (unpaired) electrons. The molecule has 1 amide bonds. The number of halogens is 1. The van der Waals surface area contributed by atoms with Crippen LogP contribution in [0.5, 0.6) is 0 Å². The summed E-state index contributed by atoms with van der Waals surface area (Å²) in [6.07, 6.45) is 1.57. The first-order valence-electron chi connectivity index (χ1n) is 10.1. The number of hydrogen-bond acceptors (Lipinski definition) is 5. The fraction of sp³-hybridized carbons (Fsp3) is 0.364. The maximum absolute atomic E-state index is 13.0. The Morgan fingerprint density at radius 1 is 1.29 bits per heavy atom. The summed E-state index contributed by atoms with van der Waals surface area (Å²) in [5.41, 5.74) is 1.55. The topological polar surface area (TPSA) is 98.6 Å². The fourth-order valence-electron chi connectivity index (χ4n) is 3.67. The largest absolute Gasteiger partial charge is 0.419 e. The van der Waals surface area contributed by atoms with Gasteiger partial charge in [0, 0.05) is 30.0 Å². The van der Waals surface area contributed by atoms with E-state index in [1.54, 1.807) is 0 Å². The van der Waals surface area contributed by atoms with Crippen molar-refractivity contribution in [2.75, 3.05) is 6.54 Å². The number of non-ortho nitro benzene ring substituents is 1. The molecule has 0 fully saturated rings. The third-order valence-corrected chi connectivity index (χ3v) is 5.96. The number of oxazole rings is 1. The van der Waals surface area contributed by atoms with Gasteiger partial charge in [-0.25, -0.2) is 4.79 Å². The van der Waals surface area contributed by atoms with Gasteiger partial charge in [0.15, 0.2) is 5.58 Å². The van der Waals surface area contributed by atoms with Crippen LogP contribution < -0.4 is 5.76 Å². The van der Waals surface area contributed by atoms with Gasteiger partial charge in [-0.3, -0.25) is 19.5 Å². The molecule has 31 heavy (non-hydrogen) atoms. The van der Waals surface area contributed by atoms with Crippen LogP contribution in [0.15, 0.2) is 56.1 Å². The van der Waals surface area contributed by atoms with Gasteiger partial charge in [-0.1, -0.05) is 41.1 Å². The number of fused-ring (bicyclic) bond motifs is 1. The van der Waals surface area contributed by atoms with Crippen LogP contribution in [0.2, 0.25) is 0 Å². The van der Waals surface area contributed by atoms with E-state index in [1.807, 2.05) is 43.0 Å². The Hall–Kier alpha value is -2.94. The van der Waals surface area contributed by atoms with Crippen molar-refractivity contribution < 1.29 is 14.1 Å². The number of amides is 1. The van der Waals surface area contributed by atoms with E-state index in [4.69, 9.17) is 4.42 Å². The van der Waals surface area contributed by atoms with Crippen molar-refractivity contribution >= 4 is 38.6 Å². The summed E-state index contributed by atoms with van der Waals surface area (Å²) in [5, 5.41) is 10.9. The van der Waals surface area contributed by atoms with Gasteiger partial charge in [-0.05, 0) is 37.5 Å². The van der Waals surface area contributed by atoms with Gasteiger partial charge in [-0.2, -0.15) is 0 Å². The monoisotopic (exact) mass is 489 g/mol. The van der Waals surface area contributed by atoms with Crippen LogP contribution in [0.3, 0.4) is 0 Å². The van der Waals surface area contributed by atoms with Crippen LogP contribution in [0.1, 0.15) is 44.7 Å². The highest BCUT2D eigenvalue weighted by molar-refractivity contribution is 9.10. The fourth-order valence-corrected chi connectivity index (χ4v) is 4.29. The summed E-state index contributed by atoms with van der Waals surface area (Å²) in [4.78, 5) is 37.4. The molecular formula is C22H24BrN3O5. The van der Waals surface area contributed by atoms with Crippen molar-refractivity contribution in [2.45, 2.75) is 45.7 Å². The minimum atomic E-state index is -0.588. The highest BCUT2D eigenvalue weighted by atomic mass is 79.9. The number of aryl methyl sites for hydroxylation is 1. The van der Waals surface area contributed by atoms with Crippen molar-refractivity contribution in [3.63, 3.8) is 0 Å². The molecule has 1 atom stereocenters. The zero-order valence-electron chi connectivity index (χ0n) is 17.4. The Kier molecular flexibility index (Phi) is 7.27. The highest BCUT2D eigenvalue weighted by Gasteiger charge is 2.22. The second kappa shape index (κ2) is 9.91. The number of carbonyl (C=O) groups is 1. The number of nitro groups is 1. The van der Waals surface area contributed by atoms with Crippen molar-refractivity contribution in [3.05, 3.63) is 73.2 Å². The molecule has 0 N–H and O–H groups in total. The SMILES string of the molecule is CCCN(C(=O)CCCn1c(=O)oc2cc([N+](=O)[O-])ccc21)C(C)c1ccccc1Br. The number of benzene rings is 2.